The highest BCUT2D eigenvalue weighted by Crippen LogP contribution is 2.14. The average molecular weight is 377 g/mol. The lowest BCUT2D eigenvalue weighted by molar-refractivity contribution is 0.0532. The molecule has 0 unspecified atom stereocenters. The maximum Gasteiger partial charge on any atom is 0.274 e. The topological polar surface area (TPSA) is 69.3 Å². The first kappa shape index (κ1) is 15.7. The zero-order chi connectivity index (χ0) is 16.4. The number of carbonyl (C=O) groups excluding carboxylic acids is 2. The Balaban J connectivity index is 1.61. The smallest absolute Gasteiger partial charge is 0.274 e. The molecular formula is C16H17BrN4O2. The van der Waals surface area contributed by atoms with Gasteiger partial charge < -0.3 is 9.80 Å². The number of aromatic amines is 1. The molecule has 1 aromatic heterocycles. The molecule has 0 atom stereocenters. The second-order valence-electron chi connectivity index (χ2n) is 5.53. The number of benzene rings is 1. The van der Waals surface area contributed by atoms with Crippen molar-refractivity contribution in [1.29, 1.82) is 0 Å². The van der Waals surface area contributed by atoms with Crippen LogP contribution in [0.3, 0.4) is 0 Å². The minimum Gasteiger partial charge on any atom is -0.335 e. The summed E-state index contributed by atoms with van der Waals surface area (Å²) in [5.41, 5.74) is 1.95. The molecule has 3 rings (SSSR count). The van der Waals surface area contributed by atoms with Crippen molar-refractivity contribution in [2.24, 2.45) is 0 Å². The van der Waals surface area contributed by atoms with Crippen LogP contribution >= 0.6 is 15.9 Å². The van der Waals surface area contributed by atoms with Gasteiger partial charge in [-0.25, -0.2) is 0 Å². The maximum absolute atomic E-state index is 12.5. The summed E-state index contributed by atoms with van der Waals surface area (Å²) in [4.78, 5) is 28.3. The number of nitrogens with zero attached hydrogens (tertiary/aromatic N) is 3. The normalized spacial score (nSPS) is 14.9. The molecule has 2 amide bonds. The molecule has 0 aliphatic carbocycles. The summed E-state index contributed by atoms with van der Waals surface area (Å²) in [5, 5.41) is 6.78. The van der Waals surface area contributed by atoms with E-state index in [2.05, 4.69) is 26.1 Å². The standard InChI is InChI=1S/C16H17BrN4O2/c1-11-10-14(19-18-11)16(23)21-8-6-20(7-9-21)15(22)12-2-4-13(17)5-3-12/h2-5,10H,6-9H2,1H3,(H,18,19). The highest BCUT2D eigenvalue weighted by Gasteiger charge is 2.26. The Labute approximate surface area is 142 Å². The Morgan fingerprint density at radius 3 is 2.13 bits per heavy atom. The number of H-pyrrole nitrogens is 1. The predicted octanol–water partition coefficient (Wildman–Crippen LogP) is 2.08. The van der Waals surface area contributed by atoms with Gasteiger partial charge in [0.15, 0.2) is 0 Å². The number of carbonyl (C=O) groups is 2. The summed E-state index contributed by atoms with van der Waals surface area (Å²) in [6, 6.07) is 9.05. The van der Waals surface area contributed by atoms with Crippen LogP contribution in [0.1, 0.15) is 26.5 Å². The molecule has 1 aliphatic heterocycles. The van der Waals surface area contributed by atoms with Crippen LogP contribution in [-0.4, -0.2) is 58.0 Å². The fraction of sp³-hybridized carbons (Fsp3) is 0.312. The molecule has 1 saturated heterocycles. The molecule has 2 aromatic rings. The van der Waals surface area contributed by atoms with E-state index in [0.717, 1.165) is 10.2 Å². The minimum absolute atomic E-state index is 0.000197. The highest BCUT2D eigenvalue weighted by molar-refractivity contribution is 9.10. The van der Waals surface area contributed by atoms with Crippen molar-refractivity contribution >= 4 is 27.7 Å². The number of piperazine rings is 1. The number of halogens is 1. The van der Waals surface area contributed by atoms with E-state index in [9.17, 15) is 9.59 Å². The van der Waals surface area contributed by atoms with Gasteiger partial charge in [0.05, 0.1) is 0 Å². The second kappa shape index (κ2) is 6.54. The van der Waals surface area contributed by atoms with E-state index in [4.69, 9.17) is 0 Å². The van der Waals surface area contributed by atoms with Gasteiger partial charge in [-0.05, 0) is 37.3 Å². The Hall–Kier alpha value is -2.15. The summed E-state index contributed by atoms with van der Waals surface area (Å²) in [6.45, 7) is 3.96. The molecule has 120 valence electrons. The van der Waals surface area contributed by atoms with Gasteiger partial charge in [-0.2, -0.15) is 5.10 Å². The van der Waals surface area contributed by atoms with Crippen LogP contribution in [0.4, 0.5) is 0 Å². The Morgan fingerprint density at radius 1 is 1.04 bits per heavy atom. The van der Waals surface area contributed by atoms with E-state index >= 15 is 0 Å². The average Bonchev–Trinajstić information content (AvgIpc) is 3.01. The van der Waals surface area contributed by atoms with Crippen molar-refractivity contribution in [2.75, 3.05) is 26.2 Å². The fourth-order valence-electron chi connectivity index (χ4n) is 2.58. The number of aromatic nitrogens is 2. The van der Waals surface area contributed by atoms with Crippen LogP contribution in [0.2, 0.25) is 0 Å². The van der Waals surface area contributed by atoms with E-state index in [0.29, 0.717) is 37.4 Å². The Bertz CT molecular complexity index is 718. The van der Waals surface area contributed by atoms with Crippen LogP contribution in [-0.2, 0) is 0 Å². The Kier molecular flexibility index (Phi) is 4.47. The molecule has 0 saturated carbocycles. The number of amides is 2. The third-order valence-electron chi connectivity index (χ3n) is 3.87. The first-order chi connectivity index (χ1) is 11.0. The van der Waals surface area contributed by atoms with Gasteiger partial charge in [0.2, 0.25) is 0 Å². The van der Waals surface area contributed by atoms with Gasteiger partial charge in [0.1, 0.15) is 5.69 Å². The maximum atomic E-state index is 12.5. The zero-order valence-electron chi connectivity index (χ0n) is 12.8. The number of rotatable bonds is 2. The lowest BCUT2D eigenvalue weighted by Crippen LogP contribution is -2.50. The van der Waals surface area contributed by atoms with Gasteiger partial charge in [-0.1, -0.05) is 15.9 Å². The molecule has 23 heavy (non-hydrogen) atoms. The zero-order valence-corrected chi connectivity index (χ0v) is 14.3. The second-order valence-corrected chi connectivity index (χ2v) is 6.44. The van der Waals surface area contributed by atoms with Crippen LogP contribution in [0.15, 0.2) is 34.8 Å². The monoisotopic (exact) mass is 376 g/mol. The van der Waals surface area contributed by atoms with Crippen LogP contribution in [0.25, 0.3) is 0 Å². The lowest BCUT2D eigenvalue weighted by atomic mass is 10.2. The first-order valence-electron chi connectivity index (χ1n) is 7.41. The van der Waals surface area contributed by atoms with Crippen molar-refractivity contribution in [2.45, 2.75) is 6.92 Å². The molecule has 2 heterocycles. The van der Waals surface area contributed by atoms with E-state index in [1.807, 2.05) is 19.1 Å². The fourth-order valence-corrected chi connectivity index (χ4v) is 2.84. The molecule has 1 aliphatic rings. The SMILES string of the molecule is Cc1cc(C(=O)N2CCN(C(=O)c3ccc(Br)cc3)CC2)n[nH]1. The molecule has 0 spiro atoms. The molecule has 1 N–H and O–H groups in total. The van der Waals surface area contributed by atoms with Gasteiger partial charge in [-0.15, -0.1) is 0 Å². The molecule has 0 bridgehead atoms. The number of hydrogen-bond donors (Lipinski definition) is 1. The third-order valence-corrected chi connectivity index (χ3v) is 4.40. The largest absolute Gasteiger partial charge is 0.335 e. The van der Waals surface area contributed by atoms with Crippen molar-refractivity contribution < 1.29 is 9.59 Å². The van der Waals surface area contributed by atoms with Gasteiger partial charge in [0.25, 0.3) is 11.8 Å². The molecule has 1 fully saturated rings. The first-order valence-corrected chi connectivity index (χ1v) is 8.20. The van der Waals surface area contributed by atoms with Crippen molar-refractivity contribution in [3.8, 4) is 0 Å². The van der Waals surface area contributed by atoms with E-state index in [-0.39, 0.29) is 11.8 Å². The van der Waals surface area contributed by atoms with Gasteiger partial charge in [-0.3, -0.25) is 14.7 Å². The summed E-state index contributed by atoms with van der Waals surface area (Å²) in [5.74, 6) is -0.0923. The number of aryl methyl sites for hydroxylation is 1. The van der Waals surface area contributed by atoms with Crippen molar-refractivity contribution in [1.82, 2.24) is 20.0 Å². The predicted molar refractivity (Wildman–Crippen MR) is 89.3 cm³/mol. The third kappa shape index (κ3) is 3.44. The van der Waals surface area contributed by atoms with E-state index in [1.54, 1.807) is 28.0 Å². The van der Waals surface area contributed by atoms with E-state index < -0.39 is 0 Å². The van der Waals surface area contributed by atoms with Crippen molar-refractivity contribution in [3.63, 3.8) is 0 Å². The quantitative estimate of drug-likeness (QED) is 0.871. The molecule has 7 heteroatoms. The summed E-state index contributed by atoms with van der Waals surface area (Å²) < 4.78 is 0.943. The summed E-state index contributed by atoms with van der Waals surface area (Å²) in [7, 11) is 0. The van der Waals surface area contributed by atoms with Gasteiger partial charge in [0, 0.05) is 41.9 Å². The van der Waals surface area contributed by atoms with Crippen molar-refractivity contribution in [3.05, 3.63) is 51.8 Å². The summed E-state index contributed by atoms with van der Waals surface area (Å²) >= 11 is 3.36. The lowest BCUT2D eigenvalue weighted by Gasteiger charge is -2.34. The van der Waals surface area contributed by atoms with Crippen LogP contribution in [0, 0.1) is 6.92 Å². The van der Waals surface area contributed by atoms with E-state index in [1.165, 1.54) is 0 Å². The number of hydrogen-bond acceptors (Lipinski definition) is 3. The highest BCUT2D eigenvalue weighted by atomic mass is 79.9. The van der Waals surface area contributed by atoms with Crippen LogP contribution in [0.5, 0.6) is 0 Å². The minimum atomic E-state index is -0.0925. The molecule has 6 nitrogen and oxygen atoms in total. The van der Waals surface area contributed by atoms with Crippen LogP contribution < -0.4 is 0 Å². The molecular weight excluding hydrogens is 360 g/mol. The number of nitrogens with one attached hydrogen (secondary N) is 1. The van der Waals surface area contributed by atoms with Gasteiger partial charge >= 0.3 is 0 Å². The summed E-state index contributed by atoms with van der Waals surface area (Å²) in [6.07, 6.45) is 0. The molecule has 1 aromatic carbocycles. The Morgan fingerprint density at radius 2 is 1.61 bits per heavy atom. The molecule has 0 radical (unpaired) electrons.